The summed E-state index contributed by atoms with van der Waals surface area (Å²) in [6.07, 6.45) is 1.57. The topological polar surface area (TPSA) is 119 Å². The molecule has 36 heavy (non-hydrogen) atoms. The minimum atomic E-state index is -0.541. The Kier molecular flexibility index (Phi) is 7.45. The molecule has 1 saturated heterocycles. The Balaban J connectivity index is 1.38. The lowest BCUT2D eigenvalue weighted by Gasteiger charge is -2.12. The molecule has 4 rings (SSSR count). The van der Waals surface area contributed by atoms with Gasteiger partial charge in [0, 0.05) is 17.8 Å². The van der Waals surface area contributed by atoms with Crippen molar-refractivity contribution >= 4 is 46.3 Å². The number of non-ortho nitro benzene ring substituents is 1. The standard InChI is InChI=1S/C26H21N3O6S/c1-17-5-9-20(10-6-17)27-24(30)15-28-25(31)23(36-26(28)32)14-19-3-2-4-22(13-19)35-16-18-7-11-21(12-8-18)29(33)34/h2-14H,15-16H2,1H3,(H,27,30)/b23-14+. The average molecular weight is 504 g/mol. The van der Waals surface area contributed by atoms with Crippen molar-refractivity contribution in [1.29, 1.82) is 0 Å². The van der Waals surface area contributed by atoms with Gasteiger partial charge in [-0.15, -0.1) is 0 Å². The third-order valence-corrected chi connectivity index (χ3v) is 6.13. The molecule has 0 aliphatic carbocycles. The first kappa shape index (κ1) is 24.7. The fourth-order valence-corrected chi connectivity index (χ4v) is 4.18. The number of ether oxygens (including phenoxy) is 1. The SMILES string of the molecule is Cc1ccc(NC(=O)CN2C(=O)S/C(=C/c3cccc(OCc4ccc([N+](=O)[O-])cc4)c3)C2=O)cc1. The second-order valence-electron chi connectivity index (χ2n) is 7.97. The fourth-order valence-electron chi connectivity index (χ4n) is 3.34. The Labute approximate surface area is 210 Å². The minimum Gasteiger partial charge on any atom is -0.489 e. The first-order valence-electron chi connectivity index (χ1n) is 10.9. The van der Waals surface area contributed by atoms with Crippen LogP contribution in [0.15, 0.2) is 77.7 Å². The van der Waals surface area contributed by atoms with E-state index in [0.717, 1.165) is 27.8 Å². The molecular weight excluding hydrogens is 482 g/mol. The van der Waals surface area contributed by atoms with E-state index in [1.807, 2.05) is 19.1 Å². The maximum absolute atomic E-state index is 12.8. The van der Waals surface area contributed by atoms with E-state index in [9.17, 15) is 24.5 Å². The Morgan fingerprint density at radius 2 is 1.81 bits per heavy atom. The Morgan fingerprint density at radius 1 is 1.08 bits per heavy atom. The van der Waals surface area contributed by atoms with Crippen molar-refractivity contribution < 1.29 is 24.0 Å². The molecule has 0 unspecified atom stereocenters. The number of nitro benzene ring substituents is 1. The van der Waals surface area contributed by atoms with Gasteiger partial charge < -0.3 is 10.1 Å². The highest BCUT2D eigenvalue weighted by molar-refractivity contribution is 8.18. The molecule has 10 heteroatoms. The summed E-state index contributed by atoms with van der Waals surface area (Å²) in [5.41, 5.74) is 3.03. The van der Waals surface area contributed by atoms with Crippen LogP contribution in [0.2, 0.25) is 0 Å². The molecule has 0 aromatic heterocycles. The molecule has 1 aliphatic rings. The summed E-state index contributed by atoms with van der Waals surface area (Å²) < 4.78 is 5.76. The Bertz CT molecular complexity index is 1350. The number of hydrogen-bond donors (Lipinski definition) is 1. The second-order valence-corrected chi connectivity index (χ2v) is 8.96. The second kappa shape index (κ2) is 10.9. The number of nitrogens with one attached hydrogen (secondary N) is 1. The summed E-state index contributed by atoms with van der Waals surface area (Å²) in [5.74, 6) is -0.482. The number of nitro groups is 1. The van der Waals surface area contributed by atoms with Crippen molar-refractivity contribution in [3.63, 3.8) is 0 Å². The lowest BCUT2D eigenvalue weighted by atomic mass is 10.2. The van der Waals surface area contributed by atoms with Crippen LogP contribution in [0.1, 0.15) is 16.7 Å². The third kappa shape index (κ3) is 6.16. The van der Waals surface area contributed by atoms with Crippen LogP contribution in [0.25, 0.3) is 6.08 Å². The quantitative estimate of drug-likeness (QED) is 0.256. The smallest absolute Gasteiger partial charge is 0.294 e. The van der Waals surface area contributed by atoms with Crippen molar-refractivity contribution in [3.05, 3.63) is 105 Å². The number of hydrogen-bond acceptors (Lipinski definition) is 7. The Morgan fingerprint density at radius 3 is 2.50 bits per heavy atom. The minimum absolute atomic E-state index is 0.00215. The van der Waals surface area contributed by atoms with E-state index in [4.69, 9.17) is 4.74 Å². The summed E-state index contributed by atoms with van der Waals surface area (Å²) in [6.45, 7) is 1.75. The third-order valence-electron chi connectivity index (χ3n) is 5.22. The lowest BCUT2D eigenvalue weighted by molar-refractivity contribution is -0.384. The molecule has 0 saturated carbocycles. The fraction of sp³-hybridized carbons (Fsp3) is 0.115. The number of nitrogens with zero attached hydrogens (tertiary/aromatic N) is 2. The number of aryl methyl sites for hydroxylation is 1. The van der Waals surface area contributed by atoms with E-state index >= 15 is 0 Å². The van der Waals surface area contributed by atoms with Gasteiger partial charge in [-0.25, -0.2) is 0 Å². The molecule has 0 atom stereocenters. The van der Waals surface area contributed by atoms with E-state index in [0.29, 0.717) is 17.0 Å². The monoisotopic (exact) mass is 503 g/mol. The number of anilines is 1. The van der Waals surface area contributed by atoms with Crippen LogP contribution in [0.4, 0.5) is 16.2 Å². The predicted octanol–water partition coefficient (Wildman–Crippen LogP) is 5.16. The molecule has 1 heterocycles. The lowest BCUT2D eigenvalue weighted by Crippen LogP contribution is -2.36. The molecule has 1 fully saturated rings. The van der Waals surface area contributed by atoms with Gasteiger partial charge >= 0.3 is 0 Å². The molecule has 1 N–H and O–H groups in total. The van der Waals surface area contributed by atoms with Crippen LogP contribution < -0.4 is 10.1 Å². The summed E-state index contributed by atoms with van der Waals surface area (Å²) in [4.78, 5) is 49.0. The highest BCUT2D eigenvalue weighted by Crippen LogP contribution is 2.32. The van der Waals surface area contributed by atoms with E-state index < -0.39 is 22.0 Å². The zero-order valence-electron chi connectivity index (χ0n) is 19.2. The van der Waals surface area contributed by atoms with Gasteiger partial charge in [-0.3, -0.25) is 29.4 Å². The van der Waals surface area contributed by atoms with Gasteiger partial charge in [-0.05, 0) is 72.3 Å². The molecule has 3 aromatic carbocycles. The van der Waals surface area contributed by atoms with Crippen LogP contribution in [0, 0.1) is 17.0 Å². The van der Waals surface area contributed by atoms with E-state index in [-0.39, 0.29) is 23.7 Å². The summed E-state index contributed by atoms with van der Waals surface area (Å²) in [5, 5.41) is 12.9. The number of thioether (sulfide) groups is 1. The normalized spacial score (nSPS) is 14.2. The molecule has 0 spiro atoms. The van der Waals surface area contributed by atoms with E-state index in [2.05, 4.69) is 5.32 Å². The van der Waals surface area contributed by atoms with Gasteiger partial charge in [0.05, 0.1) is 9.83 Å². The largest absolute Gasteiger partial charge is 0.489 e. The number of carbonyl (C=O) groups is 3. The average Bonchev–Trinajstić information content (AvgIpc) is 3.12. The van der Waals surface area contributed by atoms with Gasteiger partial charge in [0.15, 0.2) is 0 Å². The van der Waals surface area contributed by atoms with Crippen LogP contribution in [0.3, 0.4) is 0 Å². The maximum Gasteiger partial charge on any atom is 0.294 e. The highest BCUT2D eigenvalue weighted by Gasteiger charge is 2.36. The molecular formula is C26H21N3O6S. The number of amides is 3. The Hall–Kier alpha value is -4.44. The molecule has 3 aromatic rings. The number of imide groups is 1. The highest BCUT2D eigenvalue weighted by atomic mass is 32.2. The van der Waals surface area contributed by atoms with Crippen molar-refractivity contribution in [3.8, 4) is 5.75 Å². The molecule has 1 aliphatic heterocycles. The molecule has 9 nitrogen and oxygen atoms in total. The van der Waals surface area contributed by atoms with Gasteiger partial charge in [-0.2, -0.15) is 0 Å². The van der Waals surface area contributed by atoms with Crippen molar-refractivity contribution in [2.45, 2.75) is 13.5 Å². The van der Waals surface area contributed by atoms with Crippen molar-refractivity contribution in [2.24, 2.45) is 0 Å². The van der Waals surface area contributed by atoms with Gasteiger partial charge in [0.25, 0.3) is 16.8 Å². The first-order chi connectivity index (χ1) is 17.3. The van der Waals surface area contributed by atoms with E-state index in [1.165, 1.54) is 12.1 Å². The first-order valence-corrected chi connectivity index (χ1v) is 11.7. The van der Waals surface area contributed by atoms with Gasteiger partial charge in [0.2, 0.25) is 5.91 Å². The van der Waals surface area contributed by atoms with Crippen LogP contribution in [-0.2, 0) is 16.2 Å². The van der Waals surface area contributed by atoms with Gasteiger partial charge in [0.1, 0.15) is 18.9 Å². The number of benzene rings is 3. The van der Waals surface area contributed by atoms with Crippen molar-refractivity contribution in [1.82, 2.24) is 4.90 Å². The summed E-state index contributed by atoms with van der Waals surface area (Å²) in [7, 11) is 0. The molecule has 3 amide bonds. The molecule has 0 bridgehead atoms. The van der Waals surface area contributed by atoms with Crippen LogP contribution in [0.5, 0.6) is 5.75 Å². The van der Waals surface area contributed by atoms with E-state index in [1.54, 1.807) is 54.6 Å². The zero-order chi connectivity index (χ0) is 25.7. The molecule has 0 radical (unpaired) electrons. The maximum atomic E-state index is 12.8. The predicted molar refractivity (Wildman–Crippen MR) is 136 cm³/mol. The number of carbonyl (C=O) groups excluding carboxylic acids is 3. The summed E-state index contributed by atoms with van der Waals surface area (Å²) >= 11 is 0.769. The van der Waals surface area contributed by atoms with Crippen LogP contribution in [-0.4, -0.2) is 33.4 Å². The van der Waals surface area contributed by atoms with Crippen LogP contribution >= 0.6 is 11.8 Å². The zero-order valence-corrected chi connectivity index (χ0v) is 20.0. The van der Waals surface area contributed by atoms with Crippen molar-refractivity contribution in [2.75, 3.05) is 11.9 Å². The number of rotatable bonds is 8. The summed E-state index contributed by atoms with van der Waals surface area (Å²) in [6, 6.07) is 20.2. The van der Waals surface area contributed by atoms with Gasteiger partial charge in [-0.1, -0.05) is 29.8 Å². The molecule has 182 valence electrons.